The van der Waals surface area contributed by atoms with Crippen LogP contribution >= 0.6 is 0 Å². The Morgan fingerprint density at radius 1 is 1.33 bits per heavy atom. The summed E-state index contributed by atoms with van der Waals surface area (Å²) in [4.78, 5) is 13.9. The van der Waals surface area contributed by atoms with Gasteiger partial charge in [-0.2, -0.15) is 0 Å². The predicted octanol–water partition coefficient (Wildman–Crippen LogP) is -0.721. The van der Waals surface area contributed by atoms with Crippen LogP contribution in [-0.2, 0) is 4.74 Å². The zero-order valence-corrected chi connectivity index (χ0v) is 12.8. The Kier molecular flexibility index (Phi) is 5.80. The topological polar surface area (TPSA) is 94.1 Å². The molecule has 4 unspecified atom stereocenters. The SMILES string of the molecule is CC(C)NC(=O)NCC1OC(CO)C(O)C1N1CCCC1. The second kappa shape index (κ2) is 7.40. The van der Waals surface area contributed by atoms with E-state index in [1.54, 1.807) is 0 Å². The van der Waals surface area contributed by atoms with E-state index in [0.717, 1.165) is 25.9 Å². The number of rotatable bonds is 5. The van der Waals surface area contributed by atoms with Gasteiger partial charge >= 0.3 is 6.03 Å². The Morgan fingerprint density at radius 2 is 2.00 bits per heavy atom. The lowest BCUT2D eigenvalue weighted by Crippen LogP contribution is -2.51. The Hall–Kier alpha value is -0.890. The van der Waals surface area contributed by atoms with Gasteiger partial charge in [0, 0.05) is 12.6 Å². The van der Waals surface area contributed by atoms with Crippen LogP contribution in [0.25, 0.3) is 0 Å². The third-order valence-corrected chi connectivity index (χ3v) is 4.09. The maximum Gasteiger partial charge on any atom is 0.315 e. The summed E-state index contributed by atoms with van der Waals surface area (Å²) in [6, 6.07) is -0.334. The first-order valence-electron chi connectivity index (χ1n) is 7.75. The van der Waals surface area contributed by atoms with Crippen molar-refractivity contribution < 1.29 is 19.7 Å². The van der Waals surface area contributed by atoms with E-state index in [1.807, 2.05) is 13.8 Å². The molecule has 2 amide bonds. The van der Waals surface area contributed by atoms with E-state index in [4.69, 9.17) is 4.74 Å². The van der Waals surface area contributed by atoms with Crippen LogP contribution in [0.2, 0.25) is 0 Å². The van der Waals surface area contributed by atoms with Crippen molar-refractivity contribution in [2.75, 3.05) is 26.2 Å². The molecule has 0 radical (unpaired) electrons. The summed E-state index contributed by atoms with van der Waals surface area (Å²) in [6.45, 7) is 5.76. The van der Waals surface area contributed by atoms with Crippen molar-refractivity contribution in [2.24, 2.45) is 0 Å². The average molecular weight is 301 g/mol. The highest BCUT2D eigenvalue weighted by Gasteiger charge is 2.46. The molecule has 7 nitrogen and oxygen atoms in total. The van der Waals surface area contributed by atoms with E-state index in [0.29, 0.717) is 6.54 Å². The lowest BCUT2D eigenvalue weighted by Gasteiger charge is -2.30. The number of nitrogens with one attached hydrogen (secondary N) is 2. The number of urea groups is 1. The maximum absolute atomic E-state index is 11.7. The van der Waals surface area contributed by atoms with E-state index >= 15 is 0 Å². The number of hydrogen-bond donors (Lipinski definition) is 4. The van der Waals surface area contributed by atoms with Gasteiger partial charge in [-0.05, 0) is 39.8 Å². The molecule has 2 fully saturated rings. The van der Waals surface area contributed by atoms with Gasteiger partial charge in [-0.3, -0.25) is 4.90 Å². The van der Waals surface area contributed by atoms with E-state index in [-0.39, 0.29) is 30.8 Å². The summed E-state index contributed by atoms with van der Waals surface area (Å²) in [7, 11) is 0. The molecule has 0 spiro atoms. The highest BCUT2D eigenvalue weighted by molar-refractivity contribution is 5.74. The summed E-state index contributed by atoms with van der Waals surface area (Å²) >= 11 is 0. The molecule has 2 saturated heterocycles. The molecule has 21 heavy (non-hydrogen) atoms. The number of aliphatic hydroxyl groups excluding tert-OH is 2. The number of nitrogens with zero attached hydrogens (tertiary/aromatic N) is 1. The number of ether oxygens (including phenoxy) is 1. The Morgan fingerprint density at radius 3 is 2.57 bits per heavy atom. The van der Waals surface area contributed by atoms with Crippen LogP contribution in [0.3, 0.4) is 0 Å². The minimum absolute atomic E-state index is 0.0691. The summed E-state index contributed by atoms with van der Waals surface area (Å²) in [5, 5.41) is 25.2. The predicted molar refractivity (Wildman–Crippen MR) is 78.0 cm³/mol. The smallest absolute Gasteiger partial charge is 0.315 e. The molecule has 2 aliphatic rings. The second-order valence-corrected chi connectivity index (χ2v) is 6.13. The molecule has 0 aromatic carbocycles. The van der Waals surface area contributed by atoms with E-state index in [9.17, 15) is 15.0 Å². The van der Waals surface area contributed by atoms with Crippen LogP contribution in [0, 0.1) is 0 Å². The van der Waals surface area contributed by atoms with Crippen molar-refractivity contribution >= 4 is 6.03 Å². The standard InChI is InChI=1S/C14H27N3O4/c1-9(2)16-14(20)15-7-10-12(17-5-3-4-6-17)13(19)11(8-18)21-10/h9-13,18-19H,3-8H2,1-2H3,(H2,15,16,20). The minimum atomic E-state index is -0.715. The van der Waals surface area contributed by atoms with E-state index in [2.05, 4.69) is 15.5 Å². The lowest BCUT2D eigenvalue weighted by atomic mass is 10.0. The third-order valence-electron chi connectivity index (χ3n) is 4.09. The molecule has 0 aromatic heterocycles. The lowest BCUT2D eigenvalue weighted by molar-refractivity contribution is -0.0206. The summed E-state index contributed by atoms with van der Waals surface area (Å²) in [6.07, 6.45) is 0.638. The minimum Gasteiger partial charge on any atom is -0.394 e. The van der Waals surface area contributed by atoms with Gasteiger partial charge in [0.05, 0.1) is 18.8 Å². The molecule has 7 heteroatoms. The molecule has 0 aromatic rings. The van der Waals surface area contributed by atoms with Gasteiger partial charge in [-0.25, -0.2) is 4.79 Å². The molecule has 4 atom stereocenters. The first kappa shape index (κ1) is 16.5. The van der Waals surface area contributed by atoms with Crippen molar-refractivity contribution in [3.63, 3.8) is 0 Å². The number of hydrogen-bond acceptors (Lipinski definition) is 5. The molecule has 0 aliphatic carbocycles. The maximum atomic E-state index is 11.7. The summed E-state index contributed by atoms with van der Waals surface area (Å²) in [5.41, 5.74) is 0. The van der Waals surface area contributed by atoms with Crippen LogP contribution in [0.1, 0.15) is 26.7 Å². The van der Waals surface area contributed by atoms with Crippen LogP contribution in [0.5, 0.6) is 0 Å². The van der Waals surface area contributed by atoms with Gasteiger partial charge < -0.3 is 25.6 Å². The first-order valence-corrected chi connectivity index (χ1v) is 7.75. The fraction of sp³-hybridized carbons (Fsp3) is 0.929. The number of aliphatic hydroxyl groups is 2. The Bertz CT molecular complexity index is 347. The second-order valence-electron chi connectivity index (χ2n) is 6.13. The molecular weight excluding hydrogens is 274 g/mol. The summed E-state index contributed by atoms with van der Waals surface area (Å²) in [5.74, 6) is 0. The van der Waals surface area contributed by atoms with Gasteiger partial charge in [0.15, 0.2) is 0 Å². The van der Waals surface area contributed by atoms with Crippen molar-refractivity contribution in [2.45, 2.75) is 57.1 Å². The molecule has 0 saturated carbocycles. The Balaban J connectivity index is 1.93. The van der Waals surface area contributed by atoms with Gasteiger partial charge in [-0.15, -0.1) is 0 Å². The van der Waals surface area contributed by atoms with Gasteiger partial charge in [-0.1, -0.05) is 0 Å². The number of carbonyl (C=O) groups excluding carboxylic acids is 1. The quantitative estimate of drug-likeness (QED) is 0.538. The van der Waals surface area contributed by atoms with Gasteiger partial charge in [0.2, 0.25) is 0 Å². The average Bonchev–Trinajstić information content (AvgIpc) is 3.03. The van der Waals surface area contributed by atoms with Crippen molar-refractivity contribution in [3.8, 4) is 0 Å². The third kappa shape index (κ3) is 4.06. The highest BCUT2D eigenvalue weighted by Crippen LogP contribution is 2.28. The molecular formula is C14H27N3O4. The van der Waals surface area contributed by atoms with Gasteiger partial charge in [0.25, 0.3) is 0 Å². The van der Waals surface area contributed by atoms with Gasteiger partial charge in [0.1, 0.15) is 12.2 Å². The first-order chi connectivity index (χ1) is 10.0. The fourth-order valence-electron chi connectivity index (χ4n) is 3.14. The van der Waals surface area contributed by atoms with Crippen LogP contribution in [0.4, 0.5) is 4.79 Å². The molecule has 0 bridgehead atoms. The van der Waals surface area contributed by atoms with Crippen LogP contribution in [-0.4, -0.2) is 77.8 Å². The largest absolute Gasteiger partial charge is 0.394 e. The van der Waals surface area contributed by atoms with Crippen LogP contribution in [0.15, 0.2) is 0 Å². The van der Waals surface area contributed by atoms with Crippen molar-refractivity contribution in [1.29, 1.82) is 0 Å². The molecule has 2 aliphatic heterocycles. The fourth-order valence-corrected chi connectivity index (χ4v) is 3.14. The number of carbonyl (C=O) groups is 1. The highest BCUT2D eigenvalue weighted by atomic mass is 16.5. The van der Waals surface area contributed by atoms with Crippen LogP contribution < -0.4 is 10.6 Å². The van der Waals surface area contributed by atoms with E-state index < -0.39 is 12.2 Å². The molecule has 122 valence electrons. The Labute approximate surface area is 125 Å². The number of likely N-dealkylation sites (tertiary alicyclic amines) is 1. The monoisotopic (exact) mass is 301 g/mol. The zero-order valence-electron chi connectivity index (χ0n) is 12.8. The molecule has 2 heterocycles. The van der Waals surface area contributed by atoms with Crippen molar-refractivity contribution in [3.05, 3.63) is 0 Å². The summed E-state index contributed by atoms with van der Waals surface area (Å²) < 4.78 is 5.72. The molecule has 4 N–H and O–H groups in total. The van der Waals surface area contributed by atoms with E-state index in [1.165, 1.54) is 0 Å². The zero-order chi connectivity index (χ0) is 15.4. The number of amides is 2. The normalized spacial score (nSPS) is 33.6. The molecule has 2 rings (SSSR count). The van der Waals surface area contributed by atoms with Crippen molar-refractivity contribution in [1.82, 2.24) is 15.5 Å².